The highest BCUT2D eigenvalue weighted by molar-refractivity contribution is 5.97. The fourth-order valence-corrected chi connectivity index (χ4v) is 1.27. The number of ether oxygens (including phenoxy) is 1. The highest BCUT2D eigenvalue weighted by Gasteiger charge is 2.18. The maximum Gasteiger partial charge on any atom is 0.511 e. The fraction of sp³-hybridized carbons (Fsp3) is 0. The lowest BCUT2D eigenvalue weighted by Gasteiger charge is -2.03. The Morgan fingerprint density at radius 1 is 1.56 bits per heavy atom. The van der Waals surface area contributed by atoms with Gasteiger partial charge in [0.05, 0.1) is 0 Å². The van der Waals surface area contributed by atoms with Crippen LogP contribution in [-0.4, -0.2) is 27.6 Å². The zero-order valence-corrected chi connectivity index (χ0v) is 7.71. The first-order valence-corrected chi connectivity index (χ1v) is 4.08. The summed E-state index contributed by atoms with van der Waals surface area (Å²) in [5.74, 6) is -0.889. The average Bonchev–Trinajstić information content (AvgIpc) is 2.70. The van der Waals surface area contributed by atoms with Gasteiger partial charge in [-0.15, -0.1) is 0 Å². The van der Waals surface area contributed by atoms with Crippen molar-refractivity contribution < 1.29 is 29.0 Å². The molecule has 0 radical (unpaired) electrons. The standard InChI is InChI=1S/C9H5NO6/c11-2-4-1-5(16-9(13)14)7(12)8-6(4)10-3-15-8/h1-3,12H,(H,13,14). The molecule has 7 nitrogen and oxygen atoms in total. The third-order valence-electron chi connectivity index (χ3n) is 1.90. The van der Waals surface area contributed by atoms with E-state index < -0.39 is 11.9 Å². The second-order valence-corrected chi connectivity index (χ2v) is 2.83. The van der Waals surface area contributed by atoms with Gasteiger partial charge in [0.15, 0.2) is 18.4 Å². The van der Waals surface area contributed by atoms with Crippen LogP contribution in [0.4, 0.5) is 4.79 Å². The van der Waals surface area contributed by atoms with Crippen LogP contribution in [0, 0.1) is 0 Å². The molecule has 0 saturated carbocycles. The normalized spacial score (nSPS) is 10.2. The molecule has 1 aromatic carbocycles. The summed E-state index contributed by atoms with van der Waals surface area (Å²) in [5, 5.41) is 18.0. The first-order chi connectivity index (χ1) is 7.63. The van der Waals surface area contributed by atoms with Gasteiger partial charge < -0.3 is 19.4 Å². The molecular formula is C9H5NO6. The predicted octanol–water partition coefficient (Wildman–Crippen LogP) is 1.40. The van der Waals surface area contributed by atoms with E-state index >= 15 is 0 Å². The Bertz CT molecular complexity index is 573. The van der Waals surface area contributed by atoms with Gasteiger partial charge in [-0.1, -0.05) is 0 Å². The summed E-state index contributed by atoms with van der Waals surface area (Å²) in [7, 11) is 0. The number of benzene rings is 1. The van der Waals surface area contributed by atoms with Crippen molar-refractivity contribution in [2.45, 2.75) is 0 Å². The van der Waals surface area contributed by atoms with E-state index in [0.717, 1.165) is 12.5 Å². The minimum absolute atomic E-state index is 0.0674. The van der Waals surface area contributed by atoms with Gasteiger partial charge in [-0.25, -0.2) is 9.78 Å². The number of rotatable bonds is 2. The highest BCUT2D eigenvalue weighted by Crippen LogP contribution is 2.36. The topological polar surface area (TPSA) is 110 Å². The molecule has 0 aliphatic heterocycles. The summed E-state index contributed by atoms with van der Waals surface area (Å²) < 4.78 is 9.11. The van der Waals surface area contributed by atoms with Crippen LogP contribution in [0.1, 0.15) is 10.4 Å². The minimum atomic E-state index is -1.61. The fourth-order valence-electron chi connectivity index (χ4n) is 1.27. The summed E-state index contributed by atoms with van der Waals surface area (Å²) in [4.78, 5) is 24.7. The number of carboxylic acid groups (broad SMARTS) is 1. The number of hydrogen-bond acceptors (Lipinski definition) is 6. The van der Waals surface area contributed by atoms with Gasteiger partial charge in [-0.2, -0.15) is 0 Å². The maximum absolute atomic E-state index is 10.7. The molecule has 0 bridgehead atoms. The molecule has 1 heterocycles. The van der Waals surface area contributed by atoms with E-state index in [9.17, 15) is 14.7 Å². The number of hydrogen-bond donors (Lipinski definition) is 2. The van der Waals surface area contributed by atoms with Gasteiger partial charge in [0, 0.05) is 5.56 Å². The molecule has 0 aliphatic rings. The molecule has 82 valence electrons. The van der Waals surface area contributed by atoms with E-state index in [1.807, 2.05) is 0 Å². The van der Waals surface area contributed by atoms with Gasteiger partial charge in [-0.3, -0.25) is 4.79 Å². The summed E-state index contributed by atoms with van der Waals surface area (Å²) in [6.07, 6.45) is -0.119. The lowest BCUT2D eigenvalue weighted by atomic mass is 10.2. The zero-order chi connectivity index (χ0) is 11.7. The number of phenols is 1. The van der Waals surface area contributed by atoms with E-state index in [1.165, 1.54) is 0 Å². The number of carbonyl (C=O) groups is 2. The SMILES string of the molecule is O=Cc1cc(OC(=O)O)c(O)c2ocnc12. The number of aldehydes is 1. The molecule has 1 aromatic heterocycles. The molecule has 0 fully saturated rings. The molecular weight excluding hydrogens is 218 g/mol. The second-order valence-electron chi connectivity index (χ2n) is 2.83. The van der Waals surface area contributed by atoms with Crippen molar-refractivity contribution in [3.8, 4) is 11.5 Å². The van der Waals surface area contributed by atoms with Crippen LogP contribution in [0.3, 0.4) is 0 Å². The largest absolute Gasteiger partial charge is 0.511 e. The highest BCUT2D eigenvalue weighted by atomic mass is 16.7. The first kappa shape index (κ1) is 9.97. The van der Waals surface area contributed by atoms with Crippen LogP contribution in [0.2, 0.25) is 0 Å². The lowest BCUT2D eigenvalue weighted by molar-refractivity contribution is 0.112. The number of aromatic nitrogens is 1. The Kier molecular flexibility index (Phi) is 2.20. The molecule has 0 saturated heterocycles. The number of carbonyl (C=O) groups excluding carboxylic acids is 1. The zero-order valence-electron chi connectivity index (χ0n) is 7.71. The summed E-state index contributed by atoms with van der Waals surface area (Å²) in [6, 6.07) is 1.07. The van der Waals surface area contributed by atoms with Crippen LogP contribution in [0.25, 0.3) is 11.1 Å². The Balaban J connectivity index is 2.70. The van der Waals surface area contributed by atoms with Crippen molar-refractivity contribution in [3.63, 3.8) is 0 Å². The molecule has 2 rings (SSSR count). The Hall–Kier alpha value is -2.57. The predicted molar refractivity (Wildman–Crippen MR) is 49.7 cm³/mol. The van der Waals surface area contributed by atoms with Crippen molar-refractivity contribution in [2.24, 2.45) is 0 Å². The van der Waals surface area contributed by atoms with Gasteiger partial charge >= 0.3 is 6.16 Å². The van der Waals surface area contributed by atoms with Crippen LogP contribution >= 0.6 is 0 Å². The number of nitrogens with zero attached hydrogens (tertiary/aromatic N) is 1. The van der Waals surface area contributed by atoms with Crippen molar-refractivity contribution in [1.82, 2.24) is 4.98 Å². The number of oxazole rings is 1. The Labute approximate surface area is 87.9 Å². The molecule has 16 heavy (non-hydrogen) atoms. The molecule has 0 atom stereocenters. The molecule has 0 spiro atoms. The van der Waals surface area contributed by atoms with Crippen molar-refractivity contribution in [3.05, 3.63) is 18.0 Å². The Morgan fingerprint density at radius 2 is 2.31 bits per heavy atom. The molecule has 7 heteroatoms. The van der Waals surface area contributed by atoms with E-state index in [4.69, 9.17) is 9.52 Å². The molecule has 2 aromatic rings. The first-order valence-electron chi connectivity index (χ1n) is 4.08. The average molecular weight is 223 g/mol. The van der Waals surface area contributed by atoms with Crippen LogP contribution in [0.15, 0.2) is 16.9 Å². The maximum atomic E-state index is 10.7. The second kappa shape index (κ2) is 3.54. The monoisotopic (exact) mass is 223 g/mol. The summed E-state index contributed by atoms with van der Waals surface area (Å²) in [6.45, 7) is 0. The van der Waals surface area contributed by atoms with Crippen LogP contribution in [-0.2, 0) is 0 Å². The van der Waals surface area contributed by atoms with Crippen molar-refractivity contribution in [2.75, 3.05) is 0 Å². The van der Waals surface area contributed by atoms with E-state index in [2.05, 4.69) is 9.72 Å². The molecule has 0 unspecified atom stereocenters. The lowest BCUT2D eigenvalue weighted by Crippen LogP contribution is -2.03. The summed E-state index contributed by atoms with van der Waals surface area (Å²) in [5.41, 5.74) is 0.115. The van der Waals surface area contributed by atoms with E-state index in [-0.39, 0.29) is 22.4 Å². The number of phenolic OH excluding ortho intramolecular Hbond substituents is 1. The van der Waals surface area contributed by atoms with Crippen LogP contribution < -0.4 is 4.74 Å². The molecule has 0 aliphatic carbocycles. The quantitative estimate of drug-likeness (QED) is 0.449. The van der Waals surface area contributed by atoms with Gasteiger partial charge in [0.1, 0.15) is 5.52 Å². The third-order valence-corrected chi connectivity index (χ3v) is 1.90. The number of aromatic hydroxyl groups is 1. The van der Waals surface area contributed by atoms with Gasteiger partial charge in [-0.05, 0) is 6.07 Å². The van der Waals surface area contributed by atoms with E-state index in [0.29, 0.717) is 6.29 Å². The van der Waals surface area contributed by atoms with Crippen molar-refractivity contribution in [1.29, 1.82) is 0 Å². The minimum Gasteiger partial charge on any atom is -0.502 e. The number of fused-ring (bicyclic) bond motifs is 1. The van der Waals surface area contributed by atoms with Crippen molar-refractivity contribution >= 4 is 23.5 Å². The summed E-state index contributed by atoms with van der Waals surface area (Å²) >= 11 is 0. The molecule has 2 N–H and O–H groups in total. The third kappa shape index (κ3) is 1.44. The van der Waals surface area contributed by atoms with Gasteiger partial charge in [0.2, 0.25) is 11.3 Å². The Morgan fingerprint density at radius 3 is 2.94 bits per heavy atom. The van der Waals surface area contributed by atoms with E-state index in [1.54, 1.807) is 0 Å². The smallest absolute Gasteiger partial charge is 0.502 e. The van der Waals surface area contributed by atoms with Gasteiger partial charge in [0.25, 0.3) is 0 Å². The molecule has 0 amide bonds. The van der Waals surface area contributed by atoms with Crippen LogP contribution in [0.5, 0.6) is 11.5 Å².